The number of likely N-dealkylation sites (N-methyl/N-ethyl adjacent to an activating group) is 2. The molecule has 0 spiro atoms. The lowest BCUT2D eigenvalue weighted by atomic mass is 9.90. The van der Waals surface area contributed by atoms with Crippen LogP contribution in [0.5, 0.6) is 0 Å². The average molecular weight is 315 g/mol. The Kier molecular flexibility index (Phi) is 2.75. The standard InChI is InChI=1S/C12H15BrN2O3/c1-14-8-6-4-3-5-7(13)9(6)18-10(8)11(16)15(2)12(14)17/h7,9-10H,3-5H2,1-2H3. The summed E-state index contributed by atoms with van der Waals surface area (Å²) < 4.78 is 5.88. The quantitative estimate of drug-likeness (QED) is 0.636. The van der Waals surface area contributed by atoms with E-state index in [9.17, 15) is 9.59 Å². The van der Waals surface area contributed by atoms with Crippen molar-refractivity contribution in [3.05, 3.63) is 11.3 Å². The highest BCUT2D eigenvalue weighted by Gasteiger charge is 2.50. The molecule has 5 nitrogen and oxygen atoms in total. The molecule has 18 heavy (non-hydrogen) atoms. The molecule has 3 aliphatic rings. The first-order chi connectivity index (χ1) is 8.52. The molecule has 6 heteroatoms. The third kappa shape index (κ3) is 1.48. The van der Waals surface area contributed by atoms with Crippen LogP contribution in [0.3, 0.4) is 0 Å². The van der Waals surface area contributed by atoms with E-state index in [1.54, 1.807) is 11.9 Å². The summed E-state index contributed by atoms with van der Waals surface area (Å²) in [5, 5.41) is 0. The van der Waals surface area contributed by atoms with E-state index in [1.807, 2.05) is 0 Å². The minimum absolute atomic E-state index is 0.0653. The van der Waals surface area contributed by atoms with Gasteiger partial charge in [0.15, 0.2) is 6.10 Å². The molecule has 3 unspecified atom stereocenters. The van der Waals surface area contributed by atoms with Gasteiger partial charge >= 0.3 is 6.03 Å². The summed E-state index contributed by atoms with van der Waals surface area (Å²) in [5.41, 5.74) is 1.89. The highest BCUT2D eigenvalue weighted by Crippen LogP contribution is 2.42. The zero-order chi connectivity index (χ0) is 13.0. The third-order valence-corrected chi connectivity index (χ3v) is 4.89. The first-order valence-electron chi connectivity index (χ1n) is 6.10. The van der Waals surface area contributed by atoms with E-state index in [0.717, 1.165) is 35.4 Å². The summed E-state index contributed by atoms with van der Waals surface area (Å²) in [6.07, 6.45) is 2.34. The Bertz CT molecular complexity index is 462. The maximum atomic E-state index is 12.1. The second-order valence-corrected chi connectivity index (χ2v) is 6.17. The predicted octanol–water partition coefficient (Wildman–Crippen LogP) is 1.48. The topological polar surface area (TPSA) is 49.9 Å². The highest BCUT2D eigenvalue weighted by molar-refractivity contribution is 9.09. The van der Waals surface area contributed by atoms with E-state index >= 15 is 0 Å². The molecule has 2 aliphatic heterocycles. The number of hydrogen-bond acceptors (Lipinski definition) is 3. The molecule has 0 aromatic carbocycles. The van der Waals surface area contributed by atoms with Crippen molar-refractivity contribution in [2.24, 2.45) is 0 Å². The number of hydrogen-bond donors (Lipinski definition) is 0. The summed E-state index contributed by atoms with van der Waals surface area (Å²) in [7, 11) is 3.21. The Balaban J connectivity index is 2.06. The molecule has 0 aromatic heterocycles. The van der Waals surface area contributed by atoms with Gasteiger partial charge in [-0.15, -0.1) is 0 Å². The fourth-order valence-electron chi connectivity index (χ4n) is 2.98. The number of amides is 3. The van der Waals surface area contributed by atoms with Crippen LogP contribution in [0.1, 0.15) is 19.3 Å². The molecule has 0 bridgehead atoms. The lowest BCUT2D eigenvalue weighted by molar-refractivity contribution is -0.140. The summed E-state index contributed by atoms with van der Waals surface area (Å²) in [6.45, 7) is 0. The summed E-state index contributed by atoms with van der Waals surface area (Å²) in [6, 6.07) is -0.278. The van der Waals surface area contributed by atoms with E-state index in [0.29, 0.717) is 0 Å². The number of nitrogens with zero attached hydrogens (tertiary/aromatic N) is 2. The van der Waals surface area contributed by atoms with Gasteiger partial charge in [0.2, 0.25) is 0 Å². The predicted molar refractivity (Wildman–Crippen MR) is 68.2 cm³/mol. The van der Waals surface area contributed by atoms with E-state index in [1.165, 1.54) is 7.05 Å². The van der Waals surface area contributed by atoms with E-state index in [-0.39, 0.29) is 22.9 Å². The van der Waals surface area contributed by atoms with Crippen molar-refractivity contribution in [3.8, 4) is 0 Å². The average Bonchev–Trinajstić information content (AvgIpc) is 2.75. The molecule has 3 atom stereocenters. The summed E-state index contributed by atoms with van der Waals surface area (Å²) >= 11 is 3.61. The van der Waals surface area contributed by atoms with E-state index in [2.05, 4.69) is 15.9 Å². The van der Waals surface area contributed by atoms with Gasteiger partial charge in [0.1, 0.15) is 0 Å². The van der Waals surface area contributed by atoms with Gasteiger partial charge in [-0.05, 0) is 24.8 Å². The molecular formula is C12H15BrN2O3. The molecule has 0 radical (unpaired) electrons. The number of carbonyl (C=O) groups is 2. The number of alkyl halides is 1. The molecule has 0 N–H and O–H groups in total. The van der Waals surface area contributed by atoms with Crippen LogP contribution in [-0.4, -0.2) is 52.9 Å². The number of carbonyl (C=O) groups excluding carboxylic acids is 2. The normalized spacial score (nSPS) is 36.1. The van der Waals surface area contributed by atoms with Gasteiger partial charge in [0.05, 0.1) is 11.8 Å². The van der Waals surface area contributed by atoms with Crippen LogP contribution in [0, 0.1) is 0 Å². The zero-order valence-electron chi connectivity index (χ0n) is 10.4. The van der Waals surface area contributed by atoms with Crippen LogP contribution in [0.25, 0.3) is 0 Å². The number of ether oxygens (including phenoxy) is 1. The summed E-state index contributed by atoms with van der Waals surface area (Å²) in [4.78, 5) is 27.0. The Morgan fingerprint density at radius 3 is 2.72 bits per heavy atom. The Hall–Kier alpha value is -0.880. The van der Waals surface area contributed by atoms with Crippen LogP contribution in [0.15, 0.2) is 11.3 Å². The van der Waals surface area contributed by atoms with Crippen molar-refractivity contribution in [2.45, 2.75) is 36.3 Å². The van der Waals surface area contributed by atoms with Gasteiger partial charge in [-0.3, -0.25) is 14.6 Å². The van der Waals surface area contributed by atoms with E-state index in [4.69, 9.17) is 4.74 Å². The zero-order valence-corrected chi connectivity index (χ0v) is 11.9. The third-order valence-electron chi connectivity index (χ3n) is 3.95. The lowest BCUT2D eigenvalue weighted by Gasteiger charge is -2.34. The fourth-order valence-corrected chi connectivity index (χ4v) is 3.75. The maximum absolute atomic E-state index is 12.1. The number of fused-ring (bicyclic) bond motifs is 2. The monoisotopic (exact) mass is 314 g/mol. The molecule has 3 amide bonds. The minimum atomic E-state index is -0.601. The van der Waals surface area contributed by atoms with Crippen LogP contribution >= 0.6 is 15.9 Å². The van der Waals surface area contributed by atoms with Crippen molar-refractivity contribution >= 4 is 27.9 Å². The van der Waals surface area contributed by atoms with Gasteiger partial charge in [0.25, 0.3) is 5.91 Å². The van der Waals surface area contributed by atoms with E-state index < -0.39 is 6.10 Å². The molecular weight excluding hydrogens is 300 g/mol. The second kappa shape index (κ2) is 4.06. The SMILES string of the molecule is CN1C(=O)C2OC3C(=C2N(C)C1=O)CCCC3Br. The number of urea groups is 1. The number of rotatable bonds is 0. The van der Waals surface area contributed by atoms with Crippen LogP contribution in [0.4, 0.5) is 4.79 Å². The minimum Gasteiger partial charge on any atom is -0.353 e. The number of halogens is 1. The molecule has 1 aliphatic carbocycles. The van der Waals surface area contributed by atoms with Crippen LogP contribution in [0.2, 0.25) is 0 Å². The Morgan fingerprint density at radius 1 is 1.28 bits per heavy atom. The van der Waals surface area contributed by atoms with Crippen LogP contribution in [-0.2, 0) is 9.53 Å². The van der Waals surface area contributed by atoms with Crippen molar-refractivity contribution in [2.75, 3.05) is 14.1 Å². The Labute approximate surface area is 114 Å². The van der Waals surface area contributed by atoms with Gasteiger partial charge in [-0.2, -0.15) is 0 Å². The second-order valence-electron chi connectivity index (χ2n) is 4.99. The maximum Gasteiger partial charge on any atom is 0.330 e. The van der Waals surface area contributed by atoms with Crippen LogP contribution < -0.4 is 0 Å². The molecule has 2 fully saturated rings. The Morgan fingerprint density at radius 2 is 2.00 bits per heavy atom. The smallest absolute Gasteiger partial charge is 0.330 e. The van der Waals surface area contributed by atoms with Crippen molar-refractivity contribution in [1.29, 1.82) is 0 Å². The fraction of sp³-hybridized carbons (Fsp3) is 0.667. The lowest BCUT2D eigenvalue weighted by Crippen LogP contribution is -2.54. The van der Waals surface area contributed by atoms with Gasteiger partial charge in [0, 0.05) is 18.9 Å². The van der Waals surface area contributed by atoms with Crippen molar-refractivity contribution < 1.29 is 14.3 Å². The highest BCUT2D eigenvalue weighted by atomic mass is 79.9. The van der Waals surface area contributed by atoms with Crippen molar-refractivity contribution in [3.63, 3.8) is 0 Å². The molecule has 98 valence electrons. The van der Waals surface area contributed by atoms with Crippen molar-refractivity contribution in [1.82, 2.24) is 9.80 Å². The first-order valence-corrected chi connectivity index (χ1v) is 7.01. The van der Waals surface area contributed by atoms with Gasteiger partial charge in [-0.25, -0.2) is 4.79 Å². The molecule has 1 saturated carbocycles. The van der Waals surface area contributed by atoms with Gasteiger partial charge < -0.3 is 4.74 Å². The molecule has 2 heterocycles. The van der Waals surface area contributed by atoms with Gasteiger partial charge in [-0.1, -0.05) is 15.9 Å². The molecule has 3 rings (SSSR count). The largest absolute Gasteiger partial charge is 0.353 e. The summed E-state index contributed by atoms with van der Waals surface area (Å²) in [5.74, 6) is -0.255. The molecule has 1 saturated heterocycles. The first kappa shape index (κ1) is 12.2. The molecule has 0 aromatic rings. The number of imide groups is 1.